The molecular formula is C11H18IN2O3-. The molecule has 0 spiro atoms. The Bertz CT molecular complexity index is 377. The molecule has 5 nitrogen and oxygen atoms in total. The van der Waals surface area contributed by atoms with E-state index in [4.69, 9.17) is 7.80 Å². The minimum atomic E-state index is -0.471. The minimum absolute atomic E-state index is 0.277. The Morgan fingerprint density at radius 2 is 2.29 bits per heavy atom. The summed E-state index contributed by atoms with van der Waals surface area (Å²) in [5, 5.41) is 4.13. The second-order valence-corrected chi connectivity index (χ2v) is 6.72. The molecule has 1 aromatic heterocycles. The van der Waals surface area contributed by atoms with Gasteiger partial charge in [0.1, 0.15) is 0 Å². The topological polar surface area (TPSA) is 53.3 Å². The number of methoxy groups -OCH3 is 1. The van der Waals surface area contributed by atoms with E-state index in [1.54, 1.807) is 18.0 Å². The van der Waals surface area contributed by atoms with Gasteiger partial charge in [-0.3, -0.25) is 0 Å². The molecule has 0 aliphatic heterocycles. The van der Waals surface area contributed by atoms with Gasteiger partial charge in [-0.05, 0) is 0 Å². The van der Waals surface area contributed by atoms with Crippen molar-refractivity contribution in [3.63, 3.8) is 0 Å². The number of hydrogen-bond acceptors (Lipinski definition) is 4. The van der Waals surface area contributed by atoms with E-state index < -0.39 is 21.6 Å². The Balaban J connectivity index is 2.62. The molecule has 0 saturated carbocycles. The molecule has 1 aromatic rings. The zero-order chi connectivity index (χ0) is 12.9. The van der Waals surface area contributed by atoms with Crippen LogP contribution in [0.1, 0.15) is 31.1 Å². The monoisotopic (exact) mass is 353 g/mol. The van der Waals surface area contributed by atoms with Gasteiger partial charge in [-0.25, -0.2) is 0 Å². The first-order valence-corrected chi connectivity index (χ1v) is 7.77. The van der Waals surface area contributed by atoms with Crippen LogP contribution in [0.4, 0.5) is 0 Å². The number of halogens is 1. The molecule has 0 radical (unpaired) electrons. The van der Waals surface area contributed by atoms with Gasteiger partial charge in [0, 0.05) is 0 Å². The van der Waals surface area contributed by atoms with Crippen molar-refractivity contribution in [1.29, 1.82) is 0 Å². The van der Waals surface area contributed by atoms with Gasteiger partial charge in [-0.2, -0.15) is 0 Å². The number of alkyl halides is 1. The first-order chi connectivity index (χ1) is 7.98. The number of carbonyl (C=O) groups is 1. The second-order valence-electron chi connectivity index (χ2n) is 4.13. The summed E-state index contributed by atoms with van der Waals surface area (Å²) in [6.07, 6.45) is 3.23. The van der Waals surface area contributed by atoms with Crippen LogP contribution in [0.3, 0.4) is 0 Å². The third-order valence-electron chi connectivity index (χ3n) is 2.20. The average molecular weight is 353 g/mol. The zero-order valence-corrected chi connectivity index (χ0v) is 12.7. The molecule has 0 unspecified atom stereocenters. The van der Waals surface area contributed by atoms with E-state index >= 15 is 0 Å². The molecule has 0 fully saturated rings. The van der Waals surface area contributed by atoms with Gasteiger partial charge in [0.25, 0.3) is 0 Å². The van der Waals surface area contributed by atoms with Gasteiger partial charge in [0.05, 0.1) is 0 Å². The number of rotatable bonds is 6. The summed E-state index contributed by atoms with van der Waals surface area (Å²) in [5.74, 6) is -0.277. The Morgan fingerprint density at radius 3 is 2.88 bits per heavy atom. The van der Waals surface area contributed by atoms with Crippen LogP contribution in [0, 0.1) is 0 Å². The van der Waals surface area contributed by atoms with Gasteiger partial charge in [0.2, 0.25) is 0 Å². The number of aromatic nitrogens is 2. The molecule has 17 heavy (non-hydrogen) atoms. The molecule has 1 heterocycles. The van der Waals surface area contributed by atoms with E-state index in [0.717, 1.165) is 4.43 Å². The molecule has 0 N–H and O–H groups in total. The van der Waals surface area contributed by atoms with Crippen LogP contribution < -0.4 is 21.6 Å². The fraction of sp³-hybridized carbons (Fsp3) is 0.636. The summed E-state index contributed by atoms with van der Waals surface area (Å²) in [4.78, 5) is 11.6. The third kappa shape index (κ3) is 4.63. The molecule has 0 atom stereocenters. The molecule has 0 aliphatic carbocycles. The van der Waals surface area contributed by atoms with Crippen LogP contribution in [-0.2, 0) is 14.3 Å². The predicted octanol–water partition coefficient (Wildman–Crippen LogP) is -1.51. The number of nitrogens with zero attached hydrogens (tertiary/aromatic N) is 2. The number of carbonyl (C=O) groups excluding carboxylic acids is 1. The fourth-order valence-electron chi connectivity index (χ4n) is 1.16. The van der Waals surface area contributed by atoms with Gasteiger partial charge in [0.15, 0.2) is 0 Å². The van der Waals surface area contributed by atoms with Crippen molar-refractivity contribution in [3.05, 3.63) is 18.0 Å². The summed E-state index contributed by atoms with van der Waals surface area (Å²) in [6.45, 7) is 6.54. The Kier molecular flexibility index (Phi) is 5.38. The molecule has 1 rings (SSSR count). The fourth-order valence-corrected chi connectivity index (χ4v) is 2.01. The third-order valence-corrected chi connectivity index (χ3v) is 3.53. The summed E-state index contributed by atoms with van der Waals surface area (Å²) >= 11 is -0.471. The van der Waals surface area contributed by atoms with Crippen LogP contribution in [0.2, 0.25) is 0 Å². The maximum atomic E-state index is 11.6. The molecule has 0 saturated heterocycles. The van der Waals surface area contributed by atoms with Crippen LogP contribution in [0.25, 0.3) is 0 Å². The Morgan fingerprint density at radius 1 is 1.59 bits per heavy atom. The van der Waals surface area contributed by atoms with Gasteiger partial charge in [-0.1, -0.05) is 0 Å². The summed E-state index contributed by atoms with van der Waals surface area (Å²) in [7, 11) is 1.66. The van der Waals surface area contributed by atoms with Crippen molar-refractivity contribution in [2.24, 2.45) is 0 Å². The molecule has 6 heteroatoms. The van der Waals surface area contributed by atoms with Crippen molar-refractivity contribution < 1.29 is 34.2 Å². The van der Waals surface area contributed by atoms with E-state index in [1.165, 1.54) is 6.20 Å². The molecular weight excluding hydrogens is 335 g/mol. The molecule has 98 valence electrons. The second kappa shape index (κ2) is 6.34. The first kappa shape index (κ1) is 14.4. The van der Waals surface area contributed by atoms with Crippen LogP contribution in [0.5, 0.6) is 0 Å². The standard InChI is InChI=1S/C11H18IN2O3/c1-5-12-17-10(15)9-6-13-14(7-9)8-11(2,3)16-4/h6-7H,5,8H2,1-4H3/q-1. The van der Waals surface area contributed by atoms with Crippen LogP contribution in [-0.4, -0.2) is 32.9 Å². The summed E-state index contributed by atoms with van der Waals surface area (Å²) in [5.41, 5.74) is 0.203. The van der Waals surface area contributed by atoms with Gasteiger partial charge >= 0.3 is 112 Å². The van der Waals surface area contributed by atoms with E-state index in [2.05, 4.69) is 5.10 Å². The van der Waals surface area contributed by atoms with Crippen molar-refractivity contribution in [1.82, 2.24) is 9.78 Å². The molecule has 0 amide bonds. The van der Waals surface area contributed by atoms with Gasteiger partial charge in [-0.15, -0.1) is 0 Å². The van der Waals surface area contributed by atoms with Gasteiger partial charge < -0.3 is 0 Å². The van der Waals surface area contributed by atoms with Crippen molar-refractivity contribution >= 4 is 5.97 Å². The first-order valence-electron chi connectivity index (χ1n) is 5.36. The normalized spacial score (nSPS) is 11.8. The van der Waals surface area contributed by atoms with Crippen molar-refractivity contribution in [2.45, 2.75) is 32.9 Å². The molecule has 0 bridgehead atoms. The van der Waals surface area contributed by atoms with E-state index in [0.29, 0.717) is 12.1 Å². The zero-order valence-electron chi connectivity index (χ0n) is 10.6. The maximum absolute atomic E-state index is 11.6. The van der Waals surface area contributed by atoms with Crippen molar-refractivity contribution in [3.8, 4) is 0 Å². The Labute approximate surface area is 112 Å². The Hall–Kier alpha value is -0.630. The van der Waals surface area contributed by atoms with Crippen molar-refractivity contribution in [2.75, 3.05) is 11.5 Å². The molecule has 0 aromatic carbocycles. The van der Waals surface area contributed by atoms with E-state index in [-0.39, 0.29) is 11.6 Å². The van der Waals surface area contributed by atoms with E-state index in [1.807, 2.05) is 20.8 Å². The predicted molar refractivity (Wildman–Crippen MR) is 59.3 cm³/mol. The summed E-state index contributed by atoms with van der Waals surface area (Å²) in [6, 6.07) is 0. The van der Waals surface area contributed by atoms with E-state index in [9.17, 15) is 4.79 Å². The summed E-state index contributed by atoms with van der Waals surface area (Å²) < 4.78 is 13.1. The quantitative estimate of drug-likeness (QED) is 0.461. The number of ether oxygens (including phenoxy) is 1. The number of hydrogen-bond donors (Lipinski definition) is 0. The van der Waals surface area contributed by atoms with Crippen LogP contribution in [0.15, 0.2) is 12.4 Å². The SMILES string of the molecule is CC[I-]OC(=O)c1cnn(CC(C)(C)OC)c1. The average Bonchev–Trinajstić information content (AvgIpc) is 2.73. The molecule has 0 aliphatic rings. The van der Waals surface area contributed by atoms with Crippen LogP contribution >= 0.6 is 0 Å².